The van der Waals surface area contributed by atoms with Crippen molar-refractivity contribution in [1.29, 1.82) is 0 Å². The highest BCUT2D eigenvalue weighted by molar-refractivity contribution is 5.98. The van der Waals surface area contributed by atoms with Crippen LogP contribution in [0.5, 0.6) is 0 Å². The number of hydrogen-bond donors (Lipinski definition) is 0. The third kappa shape index (κ3) is 2.34. The van der Waals surface area contributed by atoms with Crippen molar-refractivity contribution >= 4 is 10.8 Å². The van der Waals surface area contributed by atoms with Crippen molar-refractivity contribution in [1.82, 2.24) is 0 Å². The molecule has 0 N–H and O–H groups in total. The fourth-order valence-corrected chi connectivity index (χ4v) is 2.84. The highest BCUT2D eigenvalue weighted by Gasteiger charge is 2.05. The number of rotatable bonds is 3. The first-order valence-corrected chi connectivity index (χ1v) is 7.37. The predicted molar refractivity (Wildman–Crippen MR) is 88.1 cm³/mol. The Hall–Kier alpha value is -2.08. The van der Waals surface area contributed by atoms with Gasteiger partial charge >= 0.3 is 0 Å². The van der Waals surface area contributed by atoms with Gasteiger partial charge in [-0.25, -0.2) is 0 Å². The number of benzene rings is 3. The molecule has 0 spiro atoms. The van der Waals surface area contributed by atoms with Crippen LogP contribution in [-0.4, -0.2) is 0 Å². The Morgan fingerprint density at radius 2 is 1.45 bits per heavy atom. The minimum atomic E-state index is 1.16. The number of aryl methyl sites for hydroxylation is 2. The second-order valence-corrected chi connectivity index (χ2v) is 5.42. The highest BCUT2D eigenvalue weighted by Crippen LogP contribution is 2.30. The SMILES string of the molecule is CCCc1ccc(-c2ccc(C)c3ccccc23)cc1. The third-order valence-electron chi connectivity index (χ3n) is 3.95. The van der Waals surface area contributed by atoms with Crippen LogP contribution in [0, 0.1) is 6.92 Å². The van der Waals surface area contributed by atoms with E-state index in [1.807, 2.05) is 0 Å². The molecule has 3 aromatic rings. The van der Waals surface area contributed by atoms with Gasteiger partial charge in [-0.1, -0.05) is 74.0 Å². The molecule has 0 heterocycles. The van der Waals surface area contributed by atoms with Crippen molar-refractivity contribution < 1.29 is 0 Å². The van der Waals surface area contributed by atoms with Gasteiger partial charge in [0.05, 0.1) is 0 Å². The molecule has 0 atom stereocenters. The summed E-state index contributed by atoms with van der Waals surface area (Å²) in [5.41, 5.74) is 5.40. The summed E-state index contributed by atoms with van der Waals surface area (Å²) in [6, 6.07) is 22.1. The monoisotopic (exact) mass is 260 g/mol. The molecule has 0 saturated carbocycles. The second kappa shape index (κ2) is 5.50. The summed E-state index contributed by atoms with van der Waals surface area (Å²) in [5.74, 6) is 0. The van der Waals surface area contributed by atoms with Gasteiger partial charge in [0.25, 0.3) is 0 Å². The normalized spacial score (nSPS) is 10.9. The van der Waals surface area contributed by atoms with Crippen molar-refractivity contribution in [3.05, 3.63) is 71.8 Å². The summed E-state index contributed by atoms with van der Waals surface area (Å²) in [6.45, 7) is 4.40. The molecule has 0 saturated heterocycles. The predicted octanol–water partition coefficient (Wildman–Crippen LogP) is 5.77. The lowest BCUT2D eigenvalue weighted by atomic mass is 9.95. The molecule has 0 radical (unpaired) electrons. The van der Waals surface area contributed by atoms with Crippen LogP contribution in [0.2, 0.25) is 0 Å². The summed E-state index contributed by atoms with van der Waals surface area (Å²) in [7, 11) is 0. The summed E-state index contributed by atoms with van der Waals surface area (Å²) in [5, 5.41) is 2.69. The van der Waals surface area contributed by atoms with Crippen LogP contribution < -0.4 is 0 Å². The molecule has 100 valence electrons. The molecule has 3 aromatic carbocycles. The molecule has 0 amide bonds. The van der Waals surface area contributed by atoms with Crippen LogP contribution in [0.4, 0.5) is 0 Å². The van der Waals surface area contributed by atoms with Crippen molar-refractivity contribution in [2.45, 2.75) is 26.7 Å². The largest absolute Gasteiger partial charge is 0.0651 e. The maximum Gasteiger partial charge on any atom is -0.0103 e. The lowest BCUT2D eigenvalue weighted by molar-refractivity contribution is 0.922. The zero-order valence-corrected chi connectivity index (χ0v) is 12.2. The third-order valence-corrected chi connectivity index (χ3v) is 3.95. The molecule has 20 heavy (non-hydrogen) atoms. The minimum absolute atomic E-state index is 1.16. The number of hydrogen-bond acceptors (Lipinski definition) is 0. The molecular formula is C20H20. The number of fused-ring (bicyclic) bond motifs is 1. The Bertz CT molecular complexity index is 721. The van der Waals surface area contributed by atoms with Crippen molar-refractivity contribution in [3.8, 4) is 11.1 Å². The van der Waals surface area contributed by atoms with Crippen LogP contribution in [0.1, 0.15) is 24.5 Å². The van der Waals surface area contributed by atoms with Gasteiger partial charge < -0.3 is 0 Å². The summed E-state index contributed by atoms with van der Waals surface area (Å²) >= 11 is 0. The minimum Gasteiger partial charge on any atom is -0.0651 e. The van der Waals surface area contributed by atoms with E-state index >= 15 is 0 Å². The first-order chi connectivity index (χ1) is 9.79. The molecular weight excluding hydrogens is 240 g/mol. The van der Waals surface area contributed by atoms with E-state index < -0.39 is 0 Å². The van der Waals surface area contributed by atoms with Crippen LogP contribution in [0.15, 0.2) is 60.7 Å². The van der Waals surface area contributed by atoms with E-state index in [1.54, 1.807) is 0 Å². The fraction of sp³-hybridized carbons (Fsp3) is 0.200. The van der Waals surface area contributed by atoms with E-state index in [4.69, 9.17) is 0 Å². The Labute approximate surface area is 121 Å². The molecule has 0 aliphatic rings. The maximum atomic E-state index is 2.26. The molecule has 3 rings (SSSR count). The molecule has 0 heteroatoms. The van der Waals surface area contributed by atoms with Crippen molar-refractivity contribution in [2.75, 3.05) is 0 Å². The fourth-order valence-electron chi connectivity index (χ4n) is 2.84. The van der Waals surface area contributed by atoms with Gasteiger partial charge in [0.15, 0.2) is 0 Å². The molecule has 0 aliphatic carbocycles. The Morgan fingerprint density at radius 3 is 2.15 bits per heavy atom. The summed E-state index contributed by atoms with van der Waals surface area (Å²) < 4.78 is 0. The van der Waals surface area contributed by atoms with E-state index in [1.165, 1.54) is 39.4 Å². The van der Waals surface area contributed by atoms with Crippen LogP contribution >= 0.6 is 0 Å². The first-order valence-electron chi connectivity index (χ1n) is 7.37. The Morgan fingerprint density at radius 1 is 0.750 bits per heavy atom. The molecule has 0 fully saturated rings. The topological polar surface area (TPSA) is 0 Å². The quantitative estimate of drug-likeness (QED) is 0.561. The average Bonchev–Trinajstić information content (AvgIpc) is 2.49. The van der Waals surface area contributed by atoms with Crippen molar-refractivity contribution in [2.24, 2.45) is 0 Å². The van der Waals surface area contributed by atoms with Gasteiger partial charge in [-0.15, -0.1) is 0 Å². The standard InChI is InChI=1S/C20H20/c1-3-6-16-10-12-17(13-11-16)19-14-9-15(2)18-7-4-5-8-20(18)19/h4-5,7-14H,3,6H2,1-2H3. The van der Waals surface area contributed by atoms with Gasteiger partial charge in [0.1, 0.15) is 0 Å². The van der Waals surface area contributed by atoms with E-state index in [-0.39, 0.29) is 0 Å². The first kappa shape index (κ1) is 12.9. The van der Waals surface area contributed by atoms with Gasteiger partial charge in [0.2, 0.25) is 0 Å². The zero-order valence-electron chi connectivity index (χ0n) is 12.2. The average molecular weight is 260 g/mol. The maximum absolute atomic E-state index is 2.26. The van der Waals surface area contributed by atoms with E-state index in [2.05, 4.69) is 74.5 Å². The molecule has 0 aromatic heterocycles. The highest BCUT2D eigenvalue weighted by atomic mass is 14.1. The molecule has 0 nitrogen and oxygen atoms in total. The van der Waals surface area contributed by atoms with Gasteiger partial charge in [0, 0.05) is 0 Å². The van der Waals surface area contributed by atoms with Gasteiger partial charge in [-0.2, -0.15) is 0 Å². The lowest BCUT2D eigenvalue weighted by Gasteiger charge is -2.10. The smallest absolute Gasteiger partial charge is 0.0103 e. The lowest BCUT2D eigenvalue weighted by Crippen LogP contribution is -1.86. The Balaban J connectivity index is 2.12. The van der Waals surface area contributed by atoms with Crippen LogP contribution in [0.3, 0.4) is 0 Å². The van der Waals surface area contributed by atoms with E-state index in [0.717, 1.165) is 6.42 Å². The zero-order chi connectivity index (χ0) is 13.9. The molecule has 0 unspecified atom stereocenters. The molecule has 0 aliphatic heterocycles. The molecule has 0 bridgehead atoms. The second-order valence-electron chi connectivity index (χ2n) is 5.42. The van der Waals surface area contributed by atoms with Crippen molar-refractivity contribution in [3.63, 3.8) is 0 Å². The summed E-state index contributed by atoms with van der Waals surface area (Å²) in [6.07, 6.45) is 2.36. The van der Waals surface area contributed by atoms with E-state index in [9.17, 15) is 0 Å². The van der Waals surface area contributed by atoms with Gasteiger partial charge in [-0.05, 0) is 46.4 Å². The van der Waals surface area contributed by atoms with Gasteiger partial charge in [-0.3, -0.25) is 0 Å². The van der Waals surface area contributed by atoms with E-state index in [0.29, 0.717) is 0 Å². The van der Waals surface area contributed by atoms with Crippen LogP contribution in [0.25, 0.3) is 21.9 Å². The van der Waals surface area contributed by atoms with Crippen LogP contribution in [-0.2, 0) is 6.42 Å². The Kier molecular flexibility index (Phi) is 3.56. The summed E-state index contributed by atoms with van der Waals surface area (Å²) in [4.78, 5) is 0.